The first kappa shape index (κ1) is 14.8. The number of nitrogens with zero attached hydrogens (tertiary/aromatic N) is 1. The van der Waals surface area contributed by atoms with Gasteiger partial charge in [0.1, 0.15) is 5.60 Å². The molecule has 18 heavy (non-hydrogen) atoms. The molecule has 0 N–H and O–H groups in total. The van der Waals surface area contributed by atoms with E-state index in [4.69, 9.17) is 9.47 Å². The lowest BCUT2D eigenvalue weighted by Gasteiger charge is -2.36. The molecule has 0 aliphatic carbocycles. The van der Waals surface area contributed by atoms with E-state index in [-0.39, 0.29) is 23.9 Å². The summed E-state index contributed by atoms with van der Waals surface area (Å²) in [7, 11) is 1.40. The molecular formula is C13H23NO4. The Hall–Kier alpha value is -1.26. The van der Waals surface area contributed by atoms with Crippen molar-refractivity contribution in [3.63, 3.8) is 0 Å². The second-order valence-corrected chi connectivity index (χ2v) is 5.82. The molecule has 1 aliphatic heterocycles. The van der Waals surface area contributed by atoms with E-state index in [1.165, 1.54) is 7.11 Å². The van der Waals surface area contributed by atoms with E-state index in [1.54, 1.807) is 4.90 Å². The number of methoxy groups -OCH3 is 1. The number of piperidine rings is 1. The Morgan fingerprint density at radius 3 is 2.33 bits per heavy atom. The fourth-order valence-corrected chi connectivity index (χ4v) is 2.14. The molecule has 0 spiro atoms. The molecule has 1 saturated heterocycles. The molecular weight excluding hydrogens is 234 g/mol. The average Bonchev–Trinajstić information content (AvgIpc) is 2.25. The third-order valence-electron chi connectivity index (χ3n) is 3.06. The Labute approximate surface area is 108 Å². The van der Waals surface area contributed by atoms with Gasteiger partial charge in [-0.25, -0.2) is 4.79 Å². The third-order valence-corrected chi connectivity index (χ3v) is 3.06. The van der Waals surface area contributed by atoms with Crippen LogP contribution in [0, 0.1) is 11.8 Å². The topological polar surface area (TPSA) is 55.8 Å². The van der Waals surface area contributed by atoms with Crippen molar-refractivity contribution in [3.05, 3.63) is 0 Å². The van der Waals surface area contributed by atoms with Gasteiger partial charge in [0.25, 0.3) is 0 Å². The van der Waals surface area contributed by atoms with E-state index in [1.807, 2.05) is 27.7 Å². The lowest BCUT2D eigenvalue weighted by molar-refractivity contribution is -0.149. The van der Waals surface area contributed by atoms with Gasteiger partial charge >= 0.3 is 12.1 Å². The first-order valence-corrected chi connectivity index (χ1v) is 6.30. The highest BCUT2D eigenvalue weighted by molar-refractivity contribution is 5.74. The van der Waals surface area contributed by atoms with Crippen LogP contribution in [-0.4, -0.2) is 42.8 Å². The Kier molecular flexibility index (Phi) is 4.59. The number of esters is 1. The standard InChI is InChI=1S/C13H23NO4/c1-9-8-14(12(16)18-13(2,3)4)7-6-10(9)11(15)17-5/h9-10H,6-8H2,1-5H3/t9-,10+/m1/s1. The van der Waals surface area contributed by atoms with Gasteiger partial charge in [-0.1, -0.05) is 6.92 Å². The maximum Gasteiger partial charge on any atom is 0.410 e. The summed E-state index contributed by atoms with van der Waals surface area (Å²) >= 11 is 0. The van der Waals surface area contributed by atoms with Gasteiger partial charge in [-0.05, 0) is 33.1 Å². The highest BCUT2D eigenvalue weighted by Crippen LogP contribution is 2.25. The largest absolute Gasteiger partial charge is 0.469 e. The van der Waals surface area contributed by atoms with Crippen LogP contribution in [-0.2, 0) is 14.3 Å². The van der Waals surface area contributed by atoms with Crippen LogP contribution in [0.3, 0.4) is 0 Å². The fraction of sp³-hybridized carbons (Fsp3) is 0.846. The molecule has 0 bridgehead atoms. The SMILES string of the molecule is COC(=O)[C@H]1CCN(C(=O)OC(C)(C)C)C[C@H]1C. The smallest absolute Gasteiger partial charge is 0.410 e. The van der Waals surface area contributed by atoms with Crippen molar-refractivity contribution in [2.24, 2.45) is 11.8 Å². The van der Waals surface area contributed by atoms with Crippen LogP contribution in [0.1, 0.15) is 34.1 Å². The zero-order valence-corrected chi connectivity index (χ0v) is 11.9. The normalized spacial score (nSPS) is 24.6. The summed E-state index contributed by atoms with van der Waals surface area (Å²) in [6, 6.07) is 0. The Morgan fingerprint density at radius 2 is 1.89 bits per heavy atom. The van der Waals surface area contributed by atoms with Gasteiger partial charge in [0.15, 0.2) is 0 Å². The summed E-state index contributed by atoms with van der Waals surface area (Å²) < 4.78 is 10.1. The van der Waals surface area contributed by atoms with Crippen molar-refractivity contribution in [1.29, 1.82) is 0 Å². The zero-order chi connectivity index (χ0) is 13.9. The van der Waals surface area contributed by atoms with Crippen LogP contribution >= 0.6 is 0 Å². The summed E-state index contributed by atoms with van der Waals surface area (Å²) in [6.07, 6.45) is 0.324. The minimum absolute atomic E-state index is 0.0960. The molecule has 0 aromatic carbocycles. The summed E-state index contributed by atoms with van der Waals surface area (Å²) in [6.45, 7) is 8.56. The maximum absolute atomic E-state index is 11.9. The zero-order valence-electron chi connectivity index (χ0n) is 11.9. The molecule has 1 aliphatic rings. The predicted octanol–water partition coefficient (Wildman–Crippen LogP) is 2.05. The van der Waals surface area contributed by atoms with E-state index in [0.29, 0.717) is 19.5 Å². The number of ether oxygens (including phenoxy) is 2. The second kappa shape index (κ2) is 5.59. The molecule has 5 heteroatoms. The van der Waals surface area contributed by atoms with Crippen LogP contribution in [0.5, 0.6) is 0 Å². The van der Waals surface area contributed by atoms with Crippen LogP contribution in [0.25, 0.3) is 0 Å². The number of carbonyl (C=O) groups is 2. The summed E-state index contributed by atoms with van der Waals surface area (Å²) in [4.78, 5) is 25.1. The Bertz CT molecular complexity index is 321. The highest BCUT2D eigenvalue weighted by Gasteiger charge is 2.35. The molecule has 1 heterocycles. The summed E-state index contributed by atoms with van der Waals surface area (Å²) in [5, 5.41) is 0. The molecule has 2 atom stereocenters. The average molecular weight is 257 g/mol. The molecule has 0 unspecified atom stereocenters. The van der Waals surface area contributed by atoms with Gasteiger partial charge in [0.05, 0.1) is 13.0 Å². The van der Waals surface area contributed by atoms with Crippen molar-refractivity contribution >= 4 is 12.1 Å². The quantitative estimate of drug-likeness (QED) is 0.675. The van der Waals surface area contributed by atoms with Gasteiger partial charge in [0.2, 0.25) is 0 Å². The van der Waals surface area contributed by atoms with Gasteiger partial charge in [0, 0.05) is 13.1 Å². The number of likely N-dealkylation sites (tertiary alicyclic amines) is 1. The van der Waals surface area contributed by atoms with Gasteiger partial charge in [-0.15, -0.1) is 0 Å². The lowest BCUT2D eigenvalue weighted by atomic mass is 9.87. The van der Waals surface area contributed by atoms with Crippen molar-refractivity contribution < 1.29 is 19.1 Å². The number of carbonyl (C=O) groups excluding carboxylic acids is 2. The second-order valence-electron chi connectivity index (χ2n) is 5.82. The van der Waals surface area contributed by atoms with E-state index in [9.17, 15) is 9.59 Å². The van der Waals surface area contributed by atoms with Crippen LogP contribution in [0.2, 0.25) is 0 Å². The summed E-state index contributed by atoms with van der Waals surface area (Å²) in [5.41, 5.74) is -0.487. The van der Waals surface area contributed by atoms with Crippen LogP contribution in [0.15, 0.2) is 0 Å². The molecule has 1 amide bonds. The van der Waals surface area contributed by atoms with Crippen molar-refractivity contribution in [1.82, 2.24) is 4.90 Å². The number of hydrogen-bond donors (Lipinski definition) is 0. The Balaban J connectivity index is 2.55. The van der Waals surface area contributed by atoms with Crippen molar-refractivity contribution in [2.45, 2.75) is 39.7 Å². The third kappa shape index (κ3) is 3.89. The number of amides is 1. The lowest BCUT2D eigenvalue weighted by Crippen LogP contribution is -2.46. The first-order valence-electron chi connectivity index (χ1n) is 6.30. The molecule has 0 aromatic rings. The van der Waals surface area contributed by atoms with Crippen molar-refractivity contribution in [3.8, 4) is 0 Å². The van der Waals surface area contributed by atoms with E-state index >= 15 is 0 Å². The van der Waals surface area contributed by atoms with E-state index < -0.39 is 5.60 Å². The molecule has 1 fully saturated rings. The van der Waals surface area contributed by atoms with E-state index in [2.05, 4.69) is 0 Å². The van der Waals surface area contributed by atoms with Crippen molar-refractivity contribution in [2.75, 3.05) is 20.2 Å². The minimum atomic E-state index is -0.487. The minimum Gasteiger partial charge on any atom is -0.469 e. The number of hydrogen-bond acceptors (Lipinski definition) is 4. The predicted molar refractivity (Wildman–Crippen MR) is 67.1 cm³/mol. The Morgan fingerprint density at radius 1 is 1.28 bits per heavy atom. The van der Waals surface area contributed by atoms with E-state index in [0.717, 1.165) is 0 Å². The molecule has 0 radical (unpaired) electrons. The van der Waals surface area contributed by atoms with Gasteiger partial charge in [-0.2, -0.15) is 0 Å². The molecule has 0 saturated carbocycles. The fourth-order valence-electron chi connectivity index (χ4n) is 2.14. The van der Waals surface area contributed by atoms with Gasteiger partial charge < -0.3 is 14.4 Å². The first-order chi connectivity index (χ1) is 8.24. The molecule has 5 nitrogen and oxygen atoms in total. The molecule has 1 rings (SSSR count). The molecule has 0 aromatic heterocycles. The van der Waals surface area contributed by atoms with Crippen LogP contribution < -0.4 is 0 Å². The highest BCUT2D eigenvalue weighted by atomic mass is 16.6. The van der Waals surface area contributed by atoms with Gasteiger partial charge in [-0.3, -0.25) is 4.79 Å². The van der Waals surface area contributed by atoms with Crippen LogP contribution in [0.4, 0.5) is 4.79 Å². The number of rotatable bonds is 1. The molecule has 104 valence electrons. The monoisotopic (exact) mass is 257 g/mol. The summed E-state index contributed by atoms with van der Waals surface area (Å²) in [5.74, 6) is -0.209. The maximum atomic E-state index is 11.9.